The molecule has 0 spiro atoms. The van der Waals surface area contributed by atoms with Crippen molar-refractivity contribution in [3.8, 4) is 5.75 Å². The Morgan fingerprint density at radius 3 is 1.92 bits per heavy atom. The number of pyridine rings is 1. The van der Waals surface area contributed by atoms with Crippen LogP contribution >= 0.6 is 0 Å². The van der Waals surface area contributed by atoms with Gasteiger partial charge >= 0.3 is 18.1 Å². The number of nitrogens with one attached hydrogen (secondary N) is 8. The van der Waals surface area contributed by atoms with E-state index in [0.29, 0.717) is 153 Å². The molecule has 114 heavy (non-hydrogen) atoms. The molecule has 0 saturated carbocycles. The molecule has 2 aromatic carbocycles. The van der Waals surface area contributed by atoms with Crippen LogP contribution in [-0.2, 0) is 90.4 Å². The largest absolute Gasteiger partial charge is 0.494 e. The predicted molar refractivity (Wildman–Crippen MR) is 420 cm³/mol. The van der Waals surface area contributed by atoms with Crippen molar-refractivity contribution < 1.29 is 105 Å². The number of sulfonamides is 1. The number of aliphatic hydroxyl groups excluding tert-OH is 2. The number of rotatable bonds is 47. The normalized spacial score (nSPS) is 17.9. The molecule has 2 aliphatic heterocycles. The van der Waals surface area contributed by atoms with E-state index >= 15 is 0 Å². The number of likely N-dealkylation sites (N-methyl/N-ethyl adjacent to an activating group) is 2. The second-order valence-corrected chi connectivity index (χ2v) is 29.2. The van der Waals surface area contributed by atoms with Gasteiger partial charge in [0.05, 0.1) is 75.4 Å². The average Bonchev–Trinajstić information content (AvgIpc) is 0.983. The first kappa shape index (κ1) is 97.9. The van der Waals surface area contributed by atoms with Crippen molar-refractivity contribution in [2.75, 3.05) is 177 Å². The quantitative estimate of drug-likeness (QED) is 0.0269. The number of aliphatic carboxylic acids is 2. The maximum absolute atomic E-state index is 13.5. The fourth-order valence-corrected chi connectivity index (χ4v) is 13.9. The van der Waals surface area contributed by atoms with Crippen molar-refractivity contribution in [3.05, 3.63) is 81.4 Å². The number of amides is 5. The summed E-state index contributed by atoms with van der Waals surface area (Å²) in [5.41, 5.74) is 1.24. The molecule has 2 aliphatic rings. The maximum atomic E-state index is 13.5. The lowest BCUT2D eigenvalue weighted by atomic mass is 9.90. The lowest BCUT2D eigenvalue weighted by molar-refractivity contribution is -0.282. The number of benzene rings is 2. The highest BCUT2D eigenvalue weighted by atomic mass is 32.2. The van der Waals surface area contributed by atoms with Gasteiger partial charge < -0.3 is 105 Å². The highest BCUT2D eigenvalue weighted by Crippen LogP contribution is 2.29. The zero-order valence-electron chi connectivity index (χ0n) is 67.3. The van der Waals surface area contributed by atoms with Gasteiger partial charge in [-0.25, -0.2) is 13.4 Å². The number of aliphatic hydroxyl groups is 2. The zero-order valence-corrected chi connectivity index (χ0v) is 68.2. The van der Waals surface area contributed by atoms with Crippen LogP contribution in [0.2, 0.25) is 0 Å². The summed E-state index contributed by atoms with van der Waals surface area (Å²) in [6.07, 6.45) is 5.10. The summed E-state index contributed by atoms with van der Waals surface area (Å²) >= 11 is 0. The van der Waals surface area contributed by atoms with Crippen LogP contribution in [0.4, 0.5) is 5.95 Å². The number of aromatic amines is 1. The number of carboxylic acids is 2. The number of aryl methyl sites for hydroxylation is 3. The Balaban J connectivity index is 0.000000464. The summed E-state index contributed by atoms with van der Waals surface area (Å²) in [6, 6.07) is 5.45. The Morgan fingerprint density at radius 1 is 0.702 bits per heavy atom. The Kier molecular flexibility index (Phi) is 46.7. The Hall–Kier alpha value is -8.44. The molecule has 0 aliphatic carbocycles. The maximum Gasteiger partial charge on any atom is 0.373 e. The van der Waals surface area contributed by atoms with E-state index in [0.717, 1.165) is 44.7 Å². The summed E-state index contributed by atoms with van der Waals surface area (Å²) in [6.45, 7) is 24.0. The van der Waals surface area contributed by atoms with Crippen molar-refractivity contribution in [2.45, 2.75) is 148 Å². The number of H-pyrrole nitrogens is 1. The van der Waals surface area contributed by atoms with Crippen LogP contribution in [0.5, 0.6) is 5.75 Å². The van der Waals surface area contributed by atoms with Crippen LogP contribution < -0.4 is 46.8 Å². The van der Waals surface area contributed by atoms with E-state index < -0.39 is 88.4 Å². The summed E-state index contributed by atoms with van der Waals surface area (Å²) in [7, 11) is -0.696. The van der Waals surface area contributed by atoms with Crippen LogP contribution in [0.3, 0.4) is 0 Å². The van der Waals surface area contributed by atoms with E-state index in [4.69, 9.17) is 42.7 Å². The summed E-state index contributed by atoms with van der Waals surface area (Å²) < 4.78 is 69.5. The number of imidazole rings is 1. The van der Waals surface area contributed by atoms with Gasteiger partial charge in [0.1, 0.15) is 29.5 Å². The molecular weight excluding hydrogens is 1510 g/mol. The number of hydrogen-bond acceptors (Lipinski definition) is 27. The molecule has 4 heterocycles. The summed E-state index contributed by atoms with van der Waals surface area (Å²) in [5.74, 6) is -3.99. The molecule has 2 fully saturated rings. The van der Waals surface area contributed by atoms with Crippen LogP contribution in [-0.4, -0.2) is 319 Å². The van der Waals surface area contributed by atoms with Gasteiger partial charge in [-0.1, -0.05) is 33.8 Å². The molecule has 6 rings (SSSR count). The molecule has 4 aromatic rings. The molecule has 0 radical (unpaired) electrons. The van der Waals surface area contributed by atoms with E-state index in [1.54, 1.807) is 63.0 Å². The van der Waals surface area contributed by atoms with Gasteiger partial charge in [0.25, 0.3) is 5.91 Å². The van der Waals surface area contributed by atoms with Gasteiger partial charge in [-0.3, -0.25) is 48.2 Å². The predicted octanol–water partition coefficient (Wildman–Crippen LogP) is 0.569. The number of carbonyl (C=O) groups is 7. The van der Waals surface area contributed by atoms with E-state index in [2.05, 4.69) is 63.3 Å². The first-order valence-electron chi connectivity index (χ1n) is 38.8. The molecule has 5 amide bonds. The third-order valence-electron chi connectivity index (χ3n) is 18.6. The fourth-order valence-electron chi connectivity index (χ4n) is 12.2. The number of fused-ring (bicyclic) bond motifs is 1. The third-order valence-corrected chi connectivity index (χ3v) is 20.4. The van der Waals surface area contributed by atoms with E-state index in [9.17, 15) is 67.2 Å². The molecule has 2 aromatic heterocycles. The molecular formula is C76H122N14O23S. The molecule has 2 saturated heterocycles. The zero-order chi connectivity index (χ0) is 84.0. The monoisotopic (exact) mass is 1630 g/mol. The van der Waals surface area contributed by atoms with Gasteiger partial charge in [-0.2, -0.15) is 14.3 Å². The fraction of sp³-hybridized carbons (Fsp3) is 0.658. The number of anilines is 1. The van der Waals surface area contributed by atoms with Crippen molar-refractivity contribution in [2.24, 2.45) is 13.0 Å². The topological polar surface area (TPSA) is 481 Å². The highest BCUT2D eigenvalue weighted by molar-refractivity contribution is 7.89. The van der Waals surface area contributed by atoms with E-state index in [1.165, 1.54) is 18.3 Å². The minimum Gasteiger partial charge on any atom is -0.494 e. The first-order chi connectivity index (χ1) is 54.6. The van der Waals surface area contributed by atoms with Crippen molar-refractivity contribution in [1.29, 1.82) is 0 Å². The average molecular weight is 1630 g/mol. The van der Waals surface area contributed by atoms with Crippen molar-refractivity contribution in [1.82, 2.24) is 65.4 Å². The summed E-state index contributed by atoms with van der Waals surface area (Å²) in [5, 5.41) is 57.3. The second-order valence-electron chi connectivity index (χ2n) is 27.5. The van der Waals surface area contributed by atoms with Crippen LogP contribution in [0.15, 0.2) is 58.6 Å². The van der Waals surface area contributed by atoms with Gasteiger partial charge in [0.15, 0.2) is 12.2 Å². The number of ether oxygens (including phenoxy) is 7. The summed E-state index contributed by atoms with van der Waals surface area (Å²) in [4.78, 5) is 134. The van der Waals surface area contributed by atoms with Crippen LogP contribution in [0.25, 0.3) is 10.9 Å². The van der Waals surface area contributed by atoms with E-state index in [-0.39, 0.29) is 91.8 Å². The van der Waals surface area contributed by atoms with Crippen molar-refractivity contribution in [3.63, 3.8) is 0 Å². The minimum atomic E-state index is -4.40. The number of carbonyl (C=O) groups excluding carboxylic acids is 7. The molecule has 37 nitrogen and oxygen atoms in total. The number of carboxylic acid groups (broad SMARTS) is 2. The van der Waals surface area contributed by atoms with Gasteiger partial charge in [-0.15, -0.1) is 0 Å². The number of nitrogens with zero attached hydrogens (tertiary/aromatic N) is 6. The molecule has 12 N–H and O–H groups in total. The lowest BCUT2D eigenvalue weighted by Gasteiger charge is -2.41. The molecule has 38 heteroatoms. The number of hydrogen-bond donors (Lipinski definition) is 12. The smallest absolute Gasteiger partial charge is 0.373 e. The van der Waals surface area contributed by atoms with Gasteiger partial charge in [0.2, 0.25) is 39.1 Å². The molecule has 640 valence electrons. The van der Waals surface area contributed by atoms with E-state index in [1.807, 2.05) is 37.6 Å². The van der Waals surface area contributed by atoms with Gasteiger partial charge in [0, 0.05) is 161 Å². The standard InChI is InChI=1S/C38H73N7O11.C37H49N7O10S.CO2/c1-6-22-53-25-26-54-23-9-12-40-37(52)30(10-11-32(46)39-13-24-55-38-36(51)29(4)35(50)31(7-2)56-38)41-33(47)27-44-19-18-43(8-3)16-14-42(5)15-17-45(21-20-44)28-34(48)49;1-5-52-16-17-53-14-7-11-38-32(45)8-6-15-54-27-18-24(2)34(25(3)19-27)55(50,51)43-30(36(48)49)22-41-35(47)29-23-44(4)31-20-26(9-10-28(31)33(29)46)21-42-37-39-12-13-40-37;2-1-3/h29-31,35-36,38,50-51H,6-28H2,1-5H3,(H,39,46)(H,40,52)(H,41,47)(H,48,49);9-10,12-13,18-20,23,30,43H,5-8,11,14-17,21-22H2,1-4H3,(H,38,45)(H,41,47)(H,48,49)(H2,39,40,42);/t29?,30-,31?,35?,36?,38?;;/m1../s1. The SMILES string of the molecule is CCCOCCOCCCNC(=O)[C@@H](CCC(=O)NCCOC1OC(CC)C(O)C(C)C1O)NC(=O)CN1CCN(CC)CCN(C)CCN(CC(=O)O)CC1.CCOCCOCCCNC(=O)CCCOc1cc(C)c(S(=O)(=O)NC(CNC(=O)c2cn(C)c3cc(CNc4ncc[nH]4)ccc3c2=O)C(=O)O)c(C)c1.O=C=O. The van der Waals surface area contributed by atoms with Crippen LogP contribution in [0.1, 0.15) is 113 Å². The number of aromatic nitrogens is 3. The van der Waals surface area contributed by atoms with Gasteiger partial charge in [-0.05, 0) is 114 Å². The molecule has 0 bridgehead atoms. The molecule has 7 atom stereocenters. The Morgan fingerprint density at radius 2 is 1.31 bits per heavy atom. The Labute approximate surface area is 666 Å². The molecule has 6 unspecified atom stereocenters. The third kappa shape index (κ3) is 36.6. The van der Waals surface area contributed by atoms with Crippen molar-refractivity contribution >= 4 is 74.5 Å². The Bertz CT molecular complexity index is 3750. The van der Waals surface area contributed by atoms with Crippen LogP contribution in [0, 0.1) is 19.8 Å². The second kappa shape index (κ2) is 54.4. The minimum absolute atomic E-state index is 0.00322. The lowest BCUT2D eigenvalue weighted by Crippen LogP contribution is -2.54. The highest BCUT2D eigenvalue weighted by Gasteiger charge is 2.42. The first-order valence-corrected chi connectivity index (χ1v) is 40.3.